The van der Waals surface area contributed by atoms with E-state index >= 15 is 0 Å². The van der Waals surface area contributed by atoms with Gasteiger partial charge < -0.3 is 4.90 Å². The van der Waals surface area contributed by atoms with Crippen LogP contribution in [0, 0.1) is 0 Å². The van der Waals surface area contributed by atoms with Crippen LogP contribution in [-0.4, -0.2) is 87.4 Å². The number of rotatable bonds is 2. The Morgan fingerprint density at radius 3 is 2.69 bits per heavy atom. The minimum atomic E-state index is -3.14. The number of carbonyl (C=O) groups is 1. The van der Waals surface area contributed by atoms with Gasteiger partial charge in [-0.2, -0.15) is 10.1 Å². The summed E-state index contributed by atoms with van der Waals surface area (Å²) in [6.45, 7) is 5.16. The summed E-state index contributed by atoms with van der Waals surface area (Å²) in [6.07, 6.45) is 1.41. The number of nitrogens with zero attached hydrogens (tertiary/aromatic N) is 6. The SMILES string of the molecule is CC(C)c1cc(C(=O)N2CCN(C)[C@@H]3CS(=O)(=O)C[C@@H]32)nc2ncnn12. The maximum Gasteiger partial charge on any atom is 0.273 e. The molecule has 0 N–H and O–H groups in total. The van der Waals surface area contributed by atoms with Crippen molar-refractivity contribution in [3.05, 3.63) is 23.8 Å². The van der Waals surface area contributed by atoms with Crippen LogP contribution >= 0.6 is 0 Å². The highest BCUT2D eigenvalue weighted by atomic mass is 32.2. The number of likely N-dealkylation sites (N-methyl/N-ethyl adjacent to an activating group) is 1. The van der Waals surface area contributed by atoms with Gasteiger partial charge in [-0.15, -0.1) is 0 Å². The van der Waals surface area contributed by atoms with Crippen molar-refractivity contribution < 1.29 is 13.2 Å². The van der Waals surface area contributed by atoms with Crippen molar-refractivity contribution >= 4 is 21.5 Å². The zero-order valence-electron chi connectivity index (χ0n) is 15.0. The summed E-state index contributed by atoms with van der Waals surface area (Å²) >= 11 is 0. The van der Waals surface area contributed by atoms with Crippen molar-refractivity contribution in [1.82, 2.24) is 29.4 Å². The van der Waals surface area contributed by atoms with Crippen LogP contribution in [-0.2, 0) is 9.84 Å². The lowest BCUT2D eigenvalue weighted by atomic mass is 10.0. The van der Waals surface area contributed by atoms with Crippen LogP contribution in [0.1, 0.15) is 35.9 Å². The van der Waals surface area contributed by atoms with E-state index in [0.29, 0.717) is 24.6 Å². The first-order valence-corrected chi connectivity index (χ1v) is 10.5. The molecule has 26 heavy (non-hydrogen) atoms. The largest absolute Gasteiger partial charge is 0.330 e. The second-order valence-corrected chi connectivity index (χ2v) is 9.54. The minimum Gasteiger partial charge on any atom is -0.330 e. The number of fused-ring (bicyclic) bond motifs is 2. The monoisotopic (exact) mass is 378 g/mol. The summed E-state index contributed by atoms with van der Waals surface area (Å²) in [5, 5.41) is 4.17. The molecule has 0 aromatic carbocycles. The molecule has 0 radical (unpaired) electrons. The molecule has 9 nitrogen and oxygen atoms in total. The molecule has 0 unspecified atom stereocenters. The van der Waals surface area contributed by atoms with Crippen molar-refractivity contribution in [1.29, 1.82) is 0 Å². The molecule has 2 saturated heterocycles. The maximum absolute atomic E-state index is 13.2. The van der Waals surface area contributed by atoms with Crippen LogP contribution in [0.2, 0.25) is 0 Å². The minimum absolute atomic E-state index is 0.0119. The van der Waals surface area contributed by atoms with Crippen LogP contribution in [0.5, 0.6) is 0 Å². The van der Waals surface area contributed by atoms with Crippen molar-refractivity contribution in [3.63, 3.8) is 0 Å². The van der Waals surface area contributed by atoms with E-state index in [1.54, 1.807) is 15.5 Å². The van der Waals surface area contributed by atoms with Crippen molar-refractivity contribution in [2.24, 2.45) is 0 Å². The normalized spacial score (nSPS) is 25.8. The van der Waals surface area contributed by atoms with Gasteiger partial charge in [0.2, 0.25) is 0 Å². The second kappa shape index (κ2) is 5.98. The second-order valence-electron chi connectivity index (χ2n) is 7.38. The average Bonchev–Trinajstić information content (AvgIpc) is 3.17. The number of amides is 1. The van der Waals surface area contributed by atoms with E-state index in [4.69, 9.17) is 0 Å². The van der Waals surface area contributed by atoms with Crippen LogP contribution in [0.4, 0.5) is 0 Å². The first-order valence-electron chi connectivity index (χ1n) is 8.69. The van der Waals surface area contributed by atoms with Gasteiger partial charge in [0.15, 0.2) is 9.84 Å². The van der Waals surface area contributed by atoms with Gasteiger partial charge in [-0.1, -0.05) is 13.8 Å². The Hall–Kier alpha value is -2.07. The fourth-order valence-corrected chi connectivity index (χ4v) is 5.94. The molecule has 2 aliphatic heterocycles. The zero-order valence-corrected chi connectivity index (χ0v) is 15.8. The molecule has 0 aliphatic carbocycles. The van der Waals surface area contributed by atoms with Gasteiger partial charge in [-0.05, 0) is 19.0 Å². The molecule has 2 aromatic heterocycles. The fourth-order valence-electron chi connectivity index (χ4n) is 3.88. The molecule has 2 aliphatic rings. The van der Waals surface area contributed by atoms with Gasteiger partial charge in [0.25, 0.3) is 11.7 Å². The van der Waals surface area contributed by atoms with Crippen LogP contribution < -0.4 is 0 Å². The average molecular weight is 378 g/mol. The van der Waals surface area contributed by atoms with Crippen LogP contribution in [0.15, 0.2) is 12.4 Å². The standard InChI is InChI=1S/C16H22N6O3S/c1-10(2)12-6-11(19-16-17-9-18-22(12)16)15(23)21-5-4-20(3)13-7-26(24,25)8-14(13)21/h6,9-10,13-14H,4-5,7-8H2,1-3H3/t13-,14+/m1/s1. The van der Waals surface area contributed by atoms with Crippen molar-refractivity contribution in [2.45, 2.75) is 31.8 Å². The van der Waals surface area contributed by atoms with Crippen molar-refractivity contribution in [2.75, 3.05) is 31.6 Å². The lowest BCUT2D eigenvalue weighted by molar-refractivity contribution is 0.0404. The number of aromatic nitrogens is 4. The Morgan fingerprint density at radius 1 is 1.23 bits per heavy atom. The third-order valence-corrected chi connectivity index (χ3v) is 7.00. The summed E-state index contributed by atoms with van der Waals surface area (Å²) in [6, 6.07) is 1.26. The Labute approximate surface area is 151 Å². The Morgan fingerprint density at radius 2 is 1.96 bits per heavy atom. The lowest BCUT2D eigenvalue weighted by Crippen LogP contribution is -2.59. The molecule has 0 saturated carbocycles. The maximum atomic E-state index is 13.2. The molecule has 2 aromatic rings. The highest BCUT2D eigenvalue weighted by Crippen LogP contribution is 2.27. The summed E-state index contributed by atoms with van der Waals surface area (Å²) in [5.74, 6) is 0.395. The first kappa shape index (κ1) is 17.3. The number of sulfone groups is 1. The van der Waals surface area contributed by atoms with E-state index in [1.807, 2.05) is 25.8 Å². The van der Waals surface area contributed by atoms with Gasteiger partial charge in [-0.3, -0.25) is 9.69 Å². The van der Waals surface area contributed by atoms with Gasteiger partial charge >= 0.3 is 0 Å². The Bertz CT molecular complexity index is 970. The van der Waals surface area contributed by atoms with Crippen molar-refractivity contribution in [3.8, 4) is 0 Å². The highest BCUT2D eigenvalue weighted by Gasteiger charge is 2.47. The molecule has 1 amide bonds. The smallest absolute Gasteiger partial charge is 0.273 e. The molecule has 2 fully saturated rings. The van der Waals surface area contributed by atoms with E-state index in [9.17, 15) is 13.2 Å². The third-order valence-electron chi connectivity index (χ3n) is 5.30. The van der Waals surface area contributed by atoms with E-state index in [2.05, 4.69) is 15.1 Å². The molecular formula is C16H22N6O3S. The van der Waals surface area contributed by atoms with Gasteiger partial charge in [-0.25, -0.2) is 17.9 Å². The molecule has 0 bridgehead atoms. The molecule has 4 heterocycles. The number of piperazine rings is 1. The Balaban J connectivity index is 1.72. The summed E-state index contributed by atoms with van der Waals surface area (Å²) in [5.41, 5.74) is 1.14. The predicted molar refractivity (Wildman–Crippen MR) is 94.8 cm³/mol. The third kappa shape index (κ3) is 2.77. The number of hydrogen-bond donors (Lipinski definition) is 0. The topological polar surface area (TPSA) is 101 Å². The van der Waals surface area contributed by atoms with E-state index in [0.717, 1.165) is 5.69 Å². The molecule has 0 spiro atoms. The van der Waals surface area contributed by atoms with Crippen LogP contribution in [0.3, 0.4) is 0 Å². The predicted octanol–water partition coefficient (Wildman–Crippen LogP) is -0.199. The Kier molecular flexibility index (Phi) is 3.99. The molecule has 140 valence electrons. The summed E-state index contributed by atoms with van der Waals surface area (Å²) in [4.78, 5) is 25.4. The van der Waals surface area contributed by atoms with E-state index in [-0.39, 0.29) is 35.4 Å². The quantitative estimate of drug-likeness (QED) is 0.713. The number of carbonyl (C=O) groups excluding carboxylic acids is 1. The summed E-state index contributed by atoms with van der Waals surface area (Å²) in [7, 11) is -1.23. The van der Waals surface area contributed by atoms with Crippen LogP contribution in [0.25, 0.3) is 5.78 Å². The van der Waals surface area contributed by atoms with Gasteiger partial charge in [0.1, 0.15) is 12.0 Å². The van der Waals surface area contributed by atoms with E-state index < -0.39 is 9.84 Å². The van der Waals surface area contributed by atoms with Gasteiger partial charge in [0.05, 0.1) is 23.2 Å². The molecule has 2 atom stereocenters. The highest BCUT2D eigenvalue weighted by molar-refractivity contribution is 7.91. The molecular weight excluding hydrogens is 356 g/mol. The first-order chi connectivity index (χ1) is 12.3. The van der Waals surface area contributed by atoms with Gasteiger partial charge in [0, 0.05) is 19.1 Å². The lowest BCUT2D eigenvalue weighted by Gasteiger charge is -2.42. The zero-order chi connectivity index (χ0) is 18.6. The summed E-state index contributed by atoms with van der Waals surface area (Å²) < 4.78 is 25.9. The molecule has 4 rings (SSSR count). The molecule has 10 heteroatoms. The fraction of sp³-hybridized carbons (Fsp3) is 0.625. The number of hydrogen-bond acceptors (Lipinski definition) is 7. The van der Waals surface area contributed by atoms with E-state index in [1.165, 1.54) is 6.33 Å².